The quantitative estimate of drug-likeness (QED) is 0.567. The monoisotopic (exact) mass is 386 g/mol. The molecule has 0 bridgehead atoms. The predicted molar refractivity (Wildman–Crippen MR) is 104 cm³/mol. The third-order valence-electron chi connectivity index (χ3n) is 3.99. The molecule has 0 saturated carbocycles. The summed E-state index contributed by atoms with van der Waals surface area (Å²) in [5.74, 6) is -0.0117. The van der Waals surface area contributed by atoms with Gasteiger partial charge in [0.1, 0.15) is 17.6 Å². The van der Waals surface area contributed by atoms with Gasteiger partial charge < -0.3 is 13.9 Å². The van der Waals surface area contributed by atoms with Crippen molar-refractivity contribution in [2.75, 3.05) is 6.61 Å². The average Bonchev–Trinajstić information content (AvgIpc) is 2.67. The van der Waals surface area contributed by atoms with Crippen LogP contribution in [0.5, 0.6) is 5.75 Å². The van der Waals surface area contributed by atoms with Gasteiger partial charge in [-0.05, 0) is 43.2 Å². The van der Waals surface area contributed by atoms with Crippen LogP contribution in [0, 0.1) is 0 Å². The van der Waals surface area contributed by atoms with Crippen molar-refractivity contribution < 1.29 is 18.7 Å². The van der Waals surface area contributed by atoms with Gasteiger partial charge in [0.2, 0.25) is 0 Å². The van der Waals surface area contributed by atoms with Crippen LogP contribution in [0.2, 0.25) is 5.02 Å². The smallest absolute Gasteiger partial charge is 0.347 e. The van der Waals surface area contributed by atoms with E-state index in [4.69, 9.17) is 25.5 Å². The highest BCUT2D eigenvalue weighted by molar-refractivity contribution is 6.30. The zero-order valence-corrected chi connectivity index (χ0v) is 15.8. The van der Waals surface area contributed by atoms with Gasteiger partial charge in [0.05, 0.1) is 17.6 Å². The molecule has 1 heterocycles. The second-order valence-electron chi connectivity index (χ2n) is 6.07. The molecule has 0 aliphatic heterocycles. The lowest BCUT2D eigenvalue weighted by Gasteiger charge is -2.14. The van der Waals surface area contributed by atoms with E-state index in [1.54, 1.807) is 49.4 Å². The lowest BCUT2D eigenvalue weighted by atomic mass is 10.1. The van der Waals surface area contributed by atoms with Crippen molar-refractivity contribution in [3.05, 3.63) is 64.0 Å². The van der Waals surface area contributed by atoms with Gasteiger partial charge in [0.15, 0.2) is 11.5 Å². The molecule has 5 nitrogen and oxygen atoms in total. The summed E-state index contributed by atoms with van der Waals surface area (Å²) in [5, 5.41) is 1.02. The van der Waals surface area contributed by atoms with Gasteiger partial charge >= 0.3 is 5.97 Å². The van der Waals surface area contributed by atoms with Gasteiger partial charge in [-0.15, -0.1) is 0 Å². The summed E-state index contributed by atoms with van der Waals surface area (Å²) in [6.45, 7) is 3.89. The molecule has 0 fully saturated rings. The number of esters is 1. The molecule has 1 aromatic heterocycles. The molecule has 1 unspecified atom stereocenters. The summed E-state index contributed by atoms with van der Waals surface area (Å²) in [7, 11) is 0. The van der Waals surface area contributed by atoms with Crippen LogP contribution in [0.3, 0.4) is 0 Å². The molecular weight excluding hydrogens is 368 g/mol. The maximum atomic E-state index is 12.8. The fourth-order valence-corrected chi connectivity index (χ4v) is 2.71. The van der Waals surface area contributed by atoms with Crippen molar-refractivity contribution >= 4 is 28.5 Å². The molecular formula is C21H19ClO5. The van der Waals surface area contributed by atoms with Crippen LogP contribution >= 0.6 is 11.6 Å². The number of ether oxygens (including phenoxy) is 2. The van der Waals surface area contributed by atoms with Crippen molar-refractivity contribution in [1.29, 1.82) is 0 Å². The Bertz CT molecular complexity index is 1010. The van der Waals surface area contributed by atoms with E-state index in [0.717, 1.165) is 12.0 Å². The number of rotatable bonds is 6. The minimum absolute atomic E-state index is 0.152. The van der Waals surface area contributed by atoms with Gasteiger partial charge in [-0.25, -0.2) is 4.79 Å². The van der Waals surface area contributed by atoms with E-state index in [0.29, 0.717) is 33.9 Å². The number of carbonyl (C=O) groups excluding carboxylic acids is 1. The van der Waals surface area contributed by atoms with Crippen molar-refractivity contribution in [3.8, 4) is 16.9 Å². The van der Waals surface area contributed by atoms with E-state index >= 15 is 0 Å². The average molecular weight is 387 g/mol. The molecule has 3 rings (SSSR count). The predicted octanol–water partition coefficient (Wildman–Crippen LogP) is 4.83. The van der Waals surface area contributed by atoms with Crippen LogP contribution in [0.4, 0.5) is 0 Å². The Balaban J connectivity index is 1.87. The van der Waals surface area contributed by atoms with Crippen molar-refractivity contribution in [1.82, 2.24) is 0 Å². The van der Waals surface area contributed by atoms with E-state index in [9.17, 15) is 9.59 Å². The van der Waals surface area contributed by atoms with Crippen LogP contribution in [0.25, 0.3) is 22.1 Å². The molecule has 27 heavy (non-hydrogen) atoms. The highest BCUT2D eigenvalue weighted by Crippen LogP contribution is 2.24. The molecule has 6 heteroatoms. The Kier molecular flexibility index (Phi) is 5.81. The second-order valence-corrected chi connectivity index (χ2v) is 6.51. The maximum Gasteiger partial charge on any atom is 0.347 e. The number of halogens is 1. The highest BCUT2D eigenvalue weighted by atomic mass is 35.5. The van der Waals surface area contributed by atoms with E-state index in [1.807, 2.05) is 6.92 Å². The molecule has 0 amide bonds. The van der Waals surface area contributed by atoms with Crippen LogP contribution in [0.15, 0.2) is 57.9 Å². The lowest BCUT2D eigenvalue weighted by Crippen LogP contribution is -2.26. The maximum absolute atomic E-state index is 12.8. The minimum atomic E-state index is -0.755. The number of hydrogen-bond acceptors (Lipinski definition) is 5. The highest BCUT2D eigenvalue weighted by Gasteiger charge is 2.17. The normalized spacial score (nSPS) is 12.0. The first-order chi connectivity index (χ1) is 13.0. The summed E-state index contributed by atoms with van der Waals surface area (Å²) in [6.07, 6.45) is 1.40. The first-order valence-corrected chi connectivity index (χ1v) is 9.02. The Morgan fingerprint density at radius 1 is 1.19 bits per heavy atom. The van der Waals surface area contributed by atoms with Gasteiger partial charge in [-0.2, -0.15) is 0 Å². The van der Waals surface area contributed by atoms with Gasteiger partial charge in [0.25, 0.3) is 0 Å². The summed E-state index contributed by atoms with van der Waals surface area (Å²) >= 11 is 5.89. The number of carbonyl (C=O) groups is 1. The molecule has 0 radical (unpaired) electrons. The van der Waals surface area contributed by atoms with Crippen molar-refractivity contribution in [3.63, 3.8) is 0 Å². The summed E-state index contributed by atoms with van der Waals surface area (Å²) in [4.78, 5) is 24.6. The third-order valence-corrected chi connectivity index (χ3v) is 4.25. The molecule has 140 valence electrons. The van der Waals surface area contributed by atoms with Crippen LogP contribution < -0.4 is 10.2 Å². The second kappa shape index (κ2) is 8.27. The Morgan fingerprint density at radius 3 is 2.63 bits per heavy atom. The molecule has 3 aromatic rings. The standard InChI is InChI=1S/C21H19ClO5/c1-3-10-25-21(24)13(2)27-16-8-9-17-19(11-16)26-12-18(20(17)23)14-4-6-15(22)7-5-14/h4-9,11-13H,3,10H2,1-2H3. The zero-order chi connectivity index (χ0) is 19.4. The van der Waals surface area contributed by atoms with E-state index in [2.05, 4.69) is 0 Å². The SMILES string of the molecule is CCCOC(=O)C(C)Oc1ccc2c(=O)c(-c3ccc(Cl)cc3)coc2c1. The van der Waals surface area contributed by atoms with Crippen LogP contribution in [-0.4, -0.2) is 18.7 Å². The molecule has 0 N–H and O–H groups in total. The van der Waals surface area contributed by atoms with E-state index in [1.165, 1.54) is 6.26 Å². The van der Waals surface area contributed by atoms with E-state index in [-0.39, 0.29) is 5.43 Å². The van der Waals surface area contributed by atoms with Crippen LogP contribution in [-0.2, 0) is 9.53 Å². The molecule has 0 saturated heterocycles. The number of hydrogen-bond donors (Lipinski definition) is 0. The fourth-order valence-electron chi connectivity index (χ4n) is 2.58. The summed E-state index contributed by atoms with van der Waals surface area (Å²) in [5.41, 5.74) is 1.40. The first-order valence-electron chi connectivity index (χ1n) is 8.64. The summed E-state index contributed by atoms with van der Waals surface area (Å²) in [6, 6.07) is 11.8. The fraction of sp³-hybridized carbons (Fsp3) is 0.238. The Labute approximate surface area is 161 Å². The van der Waals surface area contributed by atoms with Gasteiger partial charge in [-0.1, -0.05) is 30.7 Å². The van der Waals surface area contributed by atoms with Crippen molar-refractivity contribution in [2.24, 2.45) is 0 Å². The Morgan fingerprint density at radius 2 is 1.93 bits per heavy atom. The molecule has 0 aliphatic carbocycles. The topological polar surface area (TPSA) is 65.7 Å². The first kappa shape index (κ1) is 19.0. The molecule has 2 aromatic carbocycles. The molecule has 0 spiro atoms. The van der Waals surface area contributed by atoms with Crippen molar-refractivity contribution in [2.45, 2.75) is 26.4 Å². The zero-order valence-electron chi connectivity index (χ0n) is 15.0. The summed E-state index contributed by atoms with van der Waals surface area (Å²) < 4.78 is 16.3. The van der Waals surface area contributed by atoms with Gasteiger partial charge in [0, 0.05) is 11.1 Å². The molecule has 0 aliphatic rings. The van der Waals surface area contributed by atoms with Gasteiger partial charge in [-0.3, -0.25) is 4.79 Å². The van der Waals surface area contributed by atoms with Crippen LogP contribution in [0.1, 0.15) is 20.3 Å². The van der Waals surface area contributed by atoms with E-state index < -0.39 is 12.1 Å². The number of benzene rings is 2. The lowest BCUT2D eigenvalue weighted by molar-refractivity contribution is -0.151. The molecule has 1 atom stereocenters. The number of fused-ring (bicyclic) bond motifs is 1. The minimum Gasteiger partial charge on any atom is -0.479 e. The largest absolute Gasteiger partial charge is 0.479 e. The Hall–Kier alpha value is -2.79. The third kappa shape index (κ3) is 4.31.